The molecule has 8 nitrogen and oxygen atoms in total. The summed E-state index contributed by atoms with van der Waals surface area (Å²) in [5, 5.41) is 0.545. The van der Waals surface area contributed by atoms with Gasteiger partial charge in [-0.25, -0.2) is 13.5 Å². The van der Waals surface area contributed by atoms with Gasteiger partial charge in [-0.05, 0) is 92.1 Å². The highest BCUT2D eigenvalue weighted by molar-refractivity contribution is 7.49. The molecule has 12 heteroatoms. The van der Waals surface area contributed by atoms with Crippen LogP contribution in [0.4, 0.5) is 4.39 Å². The molecule has 258 valence electrons. The van der Waals surface area contributed by atoms with E-state index in [0.29, 0.717) is 35.4 Å². The number of phosphoric acid groups is 2. The van der Waals surface area contributed by atoms with Crippen molar-refractivity contribution >= 4 is 27.2 Å². The average molecular weight is 719 g/mol. The van der Waals surface area contributed by atoms with Crippen molar-refractivity contribution in [3.8, 4) is 11.5 Å². The molecule has 2 saturated heterocycles. The van der Waals surface area contributed by atoms with Crippen molar-refractivity contribution in [3.63, 3.8) is 0 Å². The molecule has 3 aromatic rings. The van der Waals surface area contributed by atoms with Gasteiger partial charge in [0.05, 0.1) is 25.4 Å². The van der Waals surface area contributed by atoms with Gasteiger partial charge in [0.25, 0.3) is 0 Å². The summed E-state index contributed by atoms with van der Waals surface area (Å²) in [4.78, 5) is 0. The Kier molecular flexibility index (Phi) is 11.5. The number of benzene rings is 3. The fourth-order valence-electron chi connectivity index (χ4n) is 6.46. The highest BCUT2D eigenvalue weighted by Gasteiger charge is 2.42. The minimum Gasteiger partial charge on any atom is -0.404 e. The highest BCUT2D eigenvalue weighted by atomic mass is 35.5. The Morgan fingerprint density at radius 3 is 2.06 bits per heavy atom. The Bertz CT molecular complexity index is 1630. The fraction of sp³-hybridized carbons (Fsp3) is 0.444. The second-order valence-corrected chi connectivity index (χ2v) is 16.1. The van der Waals surface area contributed by atoms with Gasteiger partial charge in [-0.15, -0.1) is 0 Å². The second kappa shape index (κ2) is 15.6. The molecule has 2 fully saturated rings. The van der Waals surface area contributed by atoms with Gasteiger partial charge in [0.15, 0.2) is 0 Å². The highest BCUT2D eigenvalue weighted by Crippen LogP contribution is 2.61. The van der Waals surface area contributed by atoms with Crippen molar-refractivity contribution in [2.75, 3.05) is 13.2 Å². The third-order valence-electron chi connectivity index (χ3n) is 8.81. The van der Waals surface area contributed by atoms with E-state index in [2.05, 4.69) is 19.9 Å². The van der Waals surface area contributed by atoms with E-state index in [-0.39, 0.29) is 30.6 Å². The zero-order valence-corrected chi connectivity index (χ0v) is 29.8. The molecule has 5 atom stereocenters. The van der Waals surface area contributed by atoms with E-state index in [1.54, 1.807) is 24.3 Å². The molecule has 0 spiro atoms. The van der Waals surface area contributed by atoms with Crippen LogP contribution >= 0.6 is 27.2 Å². The van der Waals surface area contributed by atoms with Gasteiger partial charge in [0, 0.05) is 29.3 Å². The Balaban J connectivity index is 1.38. The smallest absolute Gasteiger partial charge is 0.404 e. The number of rotatable bonds is 11. The van der Waals surface area contributed by atoms with E-state index in [0.717, 1.165) is 49.7 Å². The zero-order valence-electron chi connectivity index (χ0n) is 27.3. The van der Waals surface area contributed by atoms with Gasteiger partial charge in [-0.1, -0.05) is 67.3 Å². The first-order valence-corrected chi connectivity index (χ1v) is 20.0. The summed E-state index contributed by atoms with van der Waals surface area (Å²) in [6, 6.07) is 17.0. The van der Waals surface area contributed by atoms with Crippen LogP contribution in [0.25, 0.3) is 0 Å². The molecule has 3 aromatic carbocycles. The van der Waals surface area contributed by atoms with E-state index < -0.39 is 33.7 Å². The van der Waals surface area contributed by atoms with Crippen molar-refractivity contribution in [2.45, 2.75) is 89.8 Å². The minimum atomic E-state index is -4.19. The quantitative estimate of drug-likeness (QED) is 0.110. The second-order valence-electron chi connectivity index (χ2n) is 12.6. The molecule has 0 amide bonds. The molecule has 0 N–H and O–H groups in total. The predicted octanol–water partition coefficient (Wildman–Crippen LogP) is 11.8. The molecule has 0 saturated carbocycles. The molecule has 6 rings (SSSR count). The lowest BCUT2D eigenvalue weighted by molar-refractivity contribution is 0.0501. The van der Waals surface area contributed by atoms with Crippen LogP contribution in [0.2, 0.25) is 5.02 Å². The van der Waals surface area contributed by atoms with Gasteiger partial charge in [0.2, 0.25) is 0 Å². The number of aryl methyl sites for hydroxylation is 1. The first kappa shape index (κ1) is 35.3. The van der Waals surface area contributed by atoms with Gasteiger partial charge >= 0.3 is 15.6 Å². The Labute approximate surface area is 287 Å². The molecule has 0 radical (unpaired) electrons. The lowest BCUT2D eigenvalue weighted by Gasteiger charge is -2.33. The van der Waals surface area contributed by atoms with Crippen LogP contribution in [0.5, 0.6) is 11.5 Å². The molecule has 5 unspecified atom stereocenters. The lowest BCUT2D eigenvalue weighted by atomic mass is 9.84. The summed E-state index contributed by atoms with van der Waals surface area (Å²) in [5.74, 6) is -0.0891. The number of hydrogen-bond donors (Lipinski definition) is 0. The Morgan fingerprint density at radius 1 is 0.854 bits per heavy atom. The largest absolute Gasteiger partial charge is 0.530 e. The molecule has 2 aliphatic heterocycles. The number of halogens is 2. The third kappa shape index (κ3) is 8.81. The fourth-order valence-corrected chi connectivity index (χ4v) is 9.49. The summed E-state index contributed by atoms with van der Waals surface area (Å²) in [5.41, 5.74) is 3.92. The van der Waals surface area contributed by atoms with Gasteiger partial charge < -0.3 is 9.05 Å². The number of hydrogen-bond acceptors (Lipinski definition) is 8. The van der Waals surface area contributed by atoms with Crippen molar-refractivity contribution in [1.82, 2.24) is 0 Å². The summed E-state index contributed by atoms with van der Waals surface area (Å²) in [7, 11) is -8.33. The van der Waals surface area contributed by atoms with Crippen LogP contribution in [0.3, 0.4) is 0 Å². The first-order valence-electron chi connectivity index (χ1n) is 16.7. The summed E-state index contributed by atoms with van der Waals surface area (Å²) >= 11 is 6.25. The maximum Gasteiger partial charge on any atom is 0.530 e. The van der Waals surface area contributed by atoms with Crippen LogP contribution in [0.15, 0.2) is 72.3 Å². The zero-order chi connectivity index (χ0) is 33.7. The van der Waals surface area contributed by atoms with Gasteiger partial charge in [-0.3, -0.25) is 18.1 Å². The van der Waals surface area contributed by atoms with E-state index in [9.17, 15) is 13.5 Å². The van der Waals surface area contributed by atoms with Crippen LogP contribution in [-0.4, -0.2) is 13.2 Å². The summed E-state index contributed by atoms with van der Waals surface area (Å²) < 4.78 is 78.6. The molecular weight excluding hydrogens is 677 g/mol. The average Bonchev–Trinajstić information content (AvgIpc) is 3.04. The lowest BCUT2D eigenvalue weighted by Crippen LogP contribution is -2.18. The topological polar surface area (TPSA) is 89.5 Å². The predicted molar refractivity (Wildman–Crippen MR) is 183 cm³/mol. The van der Waals surface area contributed by atoms with Crippen molar-refractivity contribution in [2.24, 2.45) is 0 Å². The summed E-state index contributed by atoms with van der Waals surface area (Å²) in [6.07, 6.45) is 7.97. The van der Waals surface area contributed by atoms with E-state index in [4.69, 9.17) is 38.7 Å². The normalized spacial score (nSPS) is 27.7. The summed E-state index contributed by atoms with van der Waals surface area (Å²) in [6.45, 7) is 4.44. The monoisotopic (exact) mass is 718 g/mol. The van der Waals surface area contributed by atoms with E-state index in [1.807, 2.05) is 24.3 Å². The van der Waals surface area contributed by atoms with E-state index >= 15 is 0 Å². The van der Waals surface area contributed by atoms with Crippen LogP contribution in [-0.2, 0) is 33.6 Å². The molecule has 48 heavy (non-hydrogen) atoms. The standard InChI is InChI=1S/C36H42ClFO8P2/c1-3-4-5-10-26-21-34(45-47(39)41-18-16-32(43-47)27-11-7-14-30(37)23-27)36(29-13-6-9-25(2)20-29)35(22-26)46-48(40)42-19-17-33(44-48)28-12-8-15-31(38)24-28/h7-8,11-12,14-15,20-24,29,32-33H,3-6,9-10,13,16-19H2,1-2H3. The van der Waals surface area contributed by atoms with Crippen LogP contribution in [0.1, 0.15) is 106 Å². The van der Waals surface area contributed by atoms with Crippen LogP contribution < -0.4 is 9.05 Å². The molecule has 0 bridgehead atoms. The van der Waals surface area contributed by atoms with Crippen molar-refractivity contribution in [3.05, 3.63) is 105 Å². The first-order chi connectivity index (χ1) is 23.1. The van der Waals surface area contributed by atoms with Crippen LogP contribution in [0, 0.1) is 5.82 Å². The maximum atomic E-state index is 14.2. The van der Waals surface area contributed by atoms with Gasteiger partial charge in [-0.2, -0.15) is 0 Å². The number of phosphoric ester groups is 2. The third-order valence-corrected chi connectivity index (χ3v) is 11.9. The molecule has 2 heterocycles. The molecule has 3 aliphatic rings. The number of unbranched alkanes of at least 4 members (excludes halogenated alkanes) is 2. The Hall–Kier alpha value is -2.48. The SMILES string of the molecule is CCCCCc1cc(OP2(=O)OCCC(c3cccc(F)c3)O2)c(C2C=C(C)CCC2)c(OP2(=O)OCCC(c3cccc(Cl)c3)O2)c1. The van der Waals surface area contributed by atoms with Crippen molar-refractivity contribution in [1.29, 1.82) is 0 Å². The maximum absolute atomic E-state index is 14.2. The number of allylic oxidation sites excluding steroid dienone is 2. The van der Waals surface area contributed by atoms with Crippen molar-refractivity contribution < 1.29 is 40.7 Å². The van der Waals surface area contributed by atoms with Gasteiger partial charge in [0.1, 0.15) is 17.3 Å². The molecular formula is C36H42ClFO8P2. The Morgan fingerprint density at radius 2 is 1.48 bits per heavy atom. The van der Waals surface area contributed by atoms with E-state index in [1.165, 1.54) is 17.7 Å². The molecule has 0 aromatic heterocycles. The minimum absolute atomic E-state index is 0.0948. The molecule has 1 aliphatic carbocycles.